The highest BCUT2D eigenvalue weighted by molar-refractivity contribution is 9.10. The van der Waals surface area contributed by atoms with Crippen LogP contribution in [-0.4, -0.2) is 34.3 Å². The number of hydrogen-bond acceptors (Lipinski definition) is 2. The average molecular weight is 454 g/mol. The third kappa shape index (κ3) is 3.94. The molecule has 1 unspecified atom stereocenters. The Morgan fingerprint density at radius 2 is 1.83 bits per heavy atom. The molecule has 2 heterocycles. The van der Waals surface area contributed by atoms with E-state index >= 15 is 0 Å². The van der Waals surface area contributed by atoms with E-state index in [0.717, 1.165) is 16.4 Å². The zero-order valence-corrected chi connectivity index (χ0v) is 18.1. The van der Waals surface area contributed by atoms with Gasteiger partial charge < -0.3 is 15.2 Å². The summed E-state index contributed by atoms with van der Waals surface area (Å²) in [7, 11) is 0. The second kappa shape index (κ2) is 8.03. The summed E-state index contributed by atoms with van der Waals surface area (Å²) in [6.45, 7) is 5.14. The number of benzene rings is 2. The van der Waals surface area contributed by atoms with Crippen molar-refractivity contribution in [3.63, 3.8) is 0 Å². The number of aromatic amines is 1. The predicted octanol–water partition coefficient (Wildman–Crippen LogP) is 4.27. The quantitative estimate of drug-likeness (QED) is 0.619. The van der Waals surface area contributed by atoms with Gasteiger partial charge in [-0.15, -0.1) is 0 Å². The van der Waals surface area contributed by atoms with Crippen LogP contribution in [-0.2, 0) is 17.8 Å². The fourth-order valence-electron chi connectivity index (χ4n) is 3.89. The molecule has 1 aliphatic heterocycles. The monoisotopic (exact) mass is 453 g/mol. The molecule has 6 heteroatoms. The van der Waals surface area contributed by atoms with Crippen LogP contribution in [0, 0.1) is 5.92 Å². The van der Waals surface area contributed by atoms with Crippen LogP contribution in [0.3, 0.4) is 0 Å². The van der Waals surface area contributed by atoms with Crippen LogP contribution in [0.2, 0.25) is 0 Å². The van der Waals surface area contributed by atoms with Crippen molar-refractivity contribution in [2.45, 2.75) is 32.9 Å². The molecular weight excluding hydrogens is 430 g/mol. The molecule has 0 aliphatic carbocycles. The lowest BCUT2D eigenvalue weighted by atomic mass is 9.99. The lowest BCUT2D eigenvalue weighted by Crippen LogP contribution is -2.52. The van der Waals surface area contributed by atoms with E-state index in [1.807, 2.05) is 43.0 Å². The van der Waals surface area contributed by atoms with Crippen molar-refractivity contribution < 1.29 is 9.59 Å². The second-order valence-electron chi connectivity index (χ2n) is 7.84. The van der Waals surface area contributed by atoms with Gasteiger partial charge in [0.05, 0.1) is 0 Å². The third-order valence-corrected chi connectivity index (χ3v) is 6.05. The molecule has 2 amide bonds. The molecule has 0 saturated carbocycles. The summed E-state index contributed by atoms with van der Waals surface area (Å²) < 4.78 is 0.911. The van der Waals surface area contributed by atoms with E-state index in [4.69, 9.17) is 0 Å². The first-order valence-electron chi connectivity index (χ1n) is 9.87. The topological polar surface area (TPSA) is 65.2 Å². The van der Waals surface area contributed by atoms with E-state index in [9.17, 15) is 9.59 Å². The second-order valence-corrected chi connectivity index (χ2v) is 8.76. The van der Waals surface area contributed by atoms with Crippen LogP contribution in [0.1, 0.15) is 35.5 Å². The van der Waals surface area contributed by atoms with Crippen LogP contribution >= 0.6 is 15.9 Å². The van der Waals surface area contributed by atoms with Gasteiger partial charge in [0.2, 0.25) is 5.91 Å². The van der Waals surface area contributed by atoms with Crippen LogP contribution in [0.25, 0.3) is 10.9 Å². The molecule has 1 aromatic heterocycles. The molecule has 0 radical (unpaired) electrons. The fraction of sp³-hybridized carbons (Fsp3) is 0.304. The number of hydrogen-bond donors (Lipinski definition) is 2. The summed E-state index contributed by atoms with van der Waals surface area (Å²) in [4.78, 5) is 31.4. The van der Waals surface area contributed by atoms with Crippen molar-refractivity contribution in [2.24, 2.45) is 5.92 Å². The van der Waals surface area contributed by atoms with Gasteiger partial charge in [-0.05, 0) is 36.2 Å². The molecule has 150 valence electrons. The lowest BCUT2D eigenvalue weighted by Gasteiger charge is -2.32. The molecule has 3 aromatic rings. The Kier molecular flexibility index (Phi) is 5.46. The lowest BCUT2D eigenvalue weighted by molar-refractivity contribution is -0.135. The van der Waals surface area contributed by atoms with Crippen molar-refractivity contribution in [3.05, 3.63) is 69.8 Å². The molecule has 0 spiro atoms. The van der Waals surface area contributed by atoms with E-state index in [1.165, 1.54) is 16.6 Å². The van der Waals surface area contributed by atoms with Crippen molar-refractivity contribution >= 4 is 38.6 Å². The fourth-order valence-corrected chi connectivity index (χ4v) is 4.16. The minimum absolute atomic E-state index is 0.00809. The highest BCUT2D eigenvalue weighted by atomic mass is 79.9. The molecule has 0 saturated heterocycles. The number of nitrogens with one attached hydrogen (secondary N) is 2. The number of para-hydroxylation sites is 1. The Bertz CT molecular complexity index is 1060. The van der Waals surface area contributed by atoms with Crippen LogP contribution in [0.15, 0.2) is 53.0 Å². The minimum atomic E-state index is -0.557. The zero-order valence-electron chi connectivity index (χ0n) is 16.5. The van der Waals surface area contributed by atoms with Gasteiger partial charge >= 0.3 is 0 Å². The molecule has 29 heavy (non-hydrogen) atoms. The van der Waals surface area contributed by atoms with E-state index < -0.39 is 6.04 Å². The normalized spacial score (nSPS) is 14.7. The minimum Gasteiger partial charge on any atom is -0.358 e. The van der Waals surface area contributed by atoms with E-state index in [2.05, 4.69) is 38.4 Å². The highest BCUT2D eigenvalue weighted by Crippen LogP contribution is 2.28. The number of nitrogens with zero attached hydrogens (tertiary/aromatic N) is 1. The van der Waals surface area contributed by atoms with Crippen molar-refractivity contribution in [1.29, 1.82) is 0 Å². The first-order chi connectivity index (χ1) is 13.9. The molecule has 0 bridgehead atoms. The highest BCUT2D eigenvalue weighted by Gasteiger charge is 2.32. The van der Waals surface area contributed by atoms with Crippen LogP contribution < -0.4 is 5.32 Å². The maximum absolute atomic E-state index is 13.3. The van der Waals surface area contributed by atoms with Gasteiger partial charge in [-0.3, -0.25) is 9.59 Å². The van der Waals surface area contributed by atoms with Crippen LogP contribution in [0.5, 0.6) is 0 Å². The summed E-state index contributed by atoms with van der Waals surface area (Å²) in [5.41, 5.74) is 4.04. The van der Waals surface area contributed by atoms with Gasteiger partial charge in [-0.2, -0.15) is 0 Å². The zero-order chi connectivity index (χ0) is 20.5. The molecule has 2 aromatic carbocycles. The van der Waals surface area contributed by atoms with Gasteiger partial charge in [0.25, 0.3) is 5.91 Å². The Balaban J connectivity index is 1.53. The van der Waals surface area contributed by atoms with E-state index in [-0.39, 0.29) is 17.7 Å². The number of amides is 2. The summed E-state index contributed by atoms with van der Waals surface area (Å²) >= 11 is 3.38. The molecule has 1 aliphatic rings. The first kappa shape index (κ1) is 19.7. The summed E-state index contributed by atoms with van der Waals surface area (Å²) in [5.74, 6) is -0.262. The Morgan fingerprint density at radius 1 is 1.10 bits per heavy atom. The summed E-state index contributed by atoms with van der Waals surface area (Å²) in [6, 6.07) is 14.8. The number of carbonyl (C=O) groups excluding carboxylic acids is 2. The molecule has 5 nitrogen and oxygen atoms in total. The van der Waals surface area contributed by atoms with Crippen molar-refractivity contribution in [3.8, 4) is 0 Å². The molecule has 0 fully saturated rings. The largest absolute Gasteiger partial charge is 0.358 e. The summed E-state index contributed by atoms with van der Waals surface area (Å²) in [6.07, 6.45) is 0.793. The molecular formula is C23H24BrN3O2. The predicted molar refractivity (Wildman–Crippen MR) is 118 cm³/mol. The number of carbonyl (C=O) groups is 2. The number of aromatic nitrogens is 1. The Hall–Kier alpha value is -2.60. The van der Waals surface area contributed by atoms with Gasteiger partial charge in [-0.25, -0.2) is 0 Å². The van der Waals surface area contributed by atoms with Crippen molar-refractivity contribution in [2.75, 3.05) is 6.54 Å². The smallest absolute Gasteiger partial charge is 0.251 e. The molecule has 1 atom stereocenters. The number of H-pyrrole nitrogens is 1. The average Bonchev–Trinajstić information content (AvgIpc) is 3.09. The Labute approximate surface area is 178 Å². The maximum Gasteiger partial charge on any atom is 0.251 e. The number of rotatable bonds is 4. The summed E-state index contributed by atoms with van der Waals surface area (Å²) in [5, 5.41) is 4.12. The first-order valence-corrected chi connectivity index (χ1v) is 10.7. The van der Waals surface area contributed by atoms with Gasteiger partial charge in [0.1, 0.15) is 6.04 Å². The van der Waals surface area contributed by atoms with E-state index in [0.29, 0.717) is 18.7 Å². The van der Waals surface area contributed by atoms with Gasteiger partial charge in [0, 0.05) is 51.7 Å². The molecule has 4 rings (SSSR count). The molecule has 2 N–H and O–H groups in total. The van der Waals surface area contributed by atoms with E-state index in [1.54, 1.807) is 12.1 Å². The standard InChI is InChI=1S/C23H24BrN3O2/c1-14(2)21(26-22(28)15-7-9-16(24)10-8-15)23(29)27-12-11-20-18(13-27)17-5-3-4-6-19(17)25-20/h3-10,14,21,25H,11-13H2,1-2H3,(H,26,28). The Morgan fingerprint density at radius 3 is 2.55 bits per heavy atom. The maximum atomic E-state index is 13.3. The van der Waals surface area contributed by atoms with Gasteiger partial charge in [-0.1, -0.05) is 48.0 Å². The number of fused-ring (bicyclic) bond motifs is 3. The number of halogens is 1. The third-order valence-electron chi connectivity index (χ3n) is 5.52. The van der Waals surface area contributed by atoms with Gasteiger partial charge in [0.15, 0.2) is 0 Å². The van der Waals surface area contributed by atoms with Crippen molar-refractivity contribution in [1.82, 2.24) is 15.2 Å². The van der Waals surface area contributed by atoms with Crippen LogP contribution in [0.4, 0.5) is 0 Å². The SMILES string of the molecule is CC(C)C(NC(=O)c1ccc(Br)cc1)C(=O)N1CCc2[nH]c3ccccc3c2C1.